The fourth-order valence-corrected chi connectivity index (χ4v) is 1.18. The molecule has 4 nitrogen and oxygen atoms in total. The van der Waals surface area contributed by atoms with Crippen LogP contribution in [0.4, 0.5) is 5.69 Å². The normalized spacial score (nSPS) is 11.8. The minimum absolute atomic E-state index is 0.217. The highest BCUT2D eigenvalue weighted by atomic mass is 16.3. The number of aliphatic hydroxyl groups is 1. The second kappa shape index (κ2) is 5.99. The fourth-order valence-electron chi connectivity index (χ4n) is 1.18. The maximum absolute atomic E-state index is 8.73. The molecule has 1 aromatic rings. The lowest BCUT2D eigenvalue weighted by Crippen LogP contribution is -2.12. The summed E-state index contributed by atoms with van der Waals surface area (Å²) in [7, 11) is 0. The third kappa shape index (κ3) is 3.96. The van der Waals surface area contributed by atoms with Crippen molar-refractivity contribution in [2.75, 3.05) is 18.5 Å². The number of pyridine rings is 1. The van der Waals surface area contributed by atoms with E-state index >= 15 is 0 Å². The molecule has 0 bridgehead atoms. The molecule has 4 heteroatoms. The monoisotopic (exact) mass is 205 g/mol. The average molecular weight is 205 g/mol. The van der Waals surface area contributed by atoms with Crippen LogP contribution in [0.15, 0.2) is 18.3 Å². The van der Waals surface area contributed by atoms with E-state index in [1.165, 1.54) is 0 Å². The molecule has 0 radical (unpaired) electrons. The van der Waals surface area contributed by atoms with Gasteiger partial charge in [-0.05, 0) is 24.5 Å². The van der Waals surface area contributed by atoms with Gasteiger partial charge in [0.15, 0.2) is 0 Å². The molecule has 15 heavy (non-hydrogen) atoms. The van der Waals surface area contributed by atoms with Gasteiger partial charge in [0.25, 0.3) is 0 Å². The summed E-state index contributed by atoms with van der Waals surface area (Å²) in [5.74, 6) is 0.422. The van der Waals surface area contributed by atoms with Gasteiger partial charge in [0.1, 0.15) is 11.8 Å². The molecule has 0 spiro atoms. The molecule has 0 saturated heterocycles. The number of nitrogens with one attached hydrogen (secondary N) is 1. The Morgan fingerprint density at radius 1 is 1.60 bits per heavy atom. The van der Waals surface area contributed by atoms with Gasteiger partial charge in [0, 0.05) is 13.2 Å². The zero-order chi connectivity index (χ0) is 11.1. The Morgan fingerprint density at radius 3 is 2.93 bits per heavy atom. The fraction of sp³-hybridized carbons (Fsp3) is 0.455. The number of aliphatic hydroxyl groups excluding tert-OH is 1. The molecule has 1 atom stereocenters. The summed E-state index contributed by atoms with van der Waals surface area (Å²) in [6, 6.07) is 5.48. The molecular formula is C11H15N3O. The zero-order valence-corrected chi connectivity index (χ0v) is 8.77. The van der Waals surface area contributed by atoms with Crippen molar-refractivity contribution in [3.8, 4) is 6.07 Å². The van der Waals surface area contributed by atoms with Gasteiger partial charge in [-0.15, -0.1) is 0 Å². The molecule has 0 aromatic carbocycles. The number of hydrogen-bond donors (Lipinski definition) is 2. The Kier molecular flexibility index (Phi) is 4.58. The number of anilines is 1. The first-order valence-electron chi connectivity index (χ1n) is 4.97. The maximum Gasteiger partial charge on any atom is 0.140 e. The van der Waals surface area contributed by atoms with Crippen LogP contribution in [0.3, 0.4) is 0 Å². The molecule has 0 aliphatic heterocycles. The highest BCUT2D eigenvalue weighted by molar-refractivity contribution is 5.42. The average Bonchev–Trinajstić information content (AvgIpc) is 2.27. The quantitative estimate of drug-likeness (QED) is 0.762. The minimum Gasteiger partial charge on any atom is -0.396 e. The van der Waals surface area contributed by atoms with Gasteiger partial charge in [-0.2, -0.15) is 5.26 Å². The highest BCUT2D eigenvalue weighted by Crippen LogP contribution is 2.08. The Labute approximate surface area is 89.6 Å². The summed E-state index contributed by atoms with van der Waals surface area (Å²) in [5.41, 5.74) is 1.32. The second-order valence-electron chi connectivity index (χ2n) is 3.54. The van der Waals surface area contributed by atoms with Crippen molar-refractivity contribution in [2.45, 2.75) is 13.3 Å². The van der Waals surface area contributed by atoms with Crippen molar-refractivity contribution < 1.29 is 5.11 Å². The molecule has 0 saturated carbocycles. The van der Waals surface area contributed by atoms with Crippen molar-refractivity contribution in [1.29, 1.82) is 5.26 Å². The van der Waals surface area contributed by atoms with Crippen LogP contribution in [-0.4, -0.2) is 23.2 Å². The van der Waals surface area contributed by atoms with E-state index in [-0.39, 0.29) is 6.61 Å². The molecule has 0 fully saturated rings. The third-order valence-corrected chi connectivity index (χ3v) is 2.15. The van der Waals surface area contributed by atoms with E-state index in [9.17, 15) is 0 Å². The molecule has 1 heterocycles. The Hall–Kier alpha value is -1.60. The summed E-state index contributed by atoms with van der Waals surface area (Å²) in [6.45, 7) is 3.09. The van der Waals surface area contributed by atoms with Gasteiger partial charge in [0.05, 0.1) is 11.9 Å². The second-order valence-corrected chi connectivity index (χ2v) is 3.54. The summed E-state index contributed by atoms with van der Waals surface area (Å²) < 4.78 is 0. The van der Waals surface area contributed by atoms with E-state index in [1.807, 2.05) is 12.1 Å². The highest BCUT2D eigenvalue weighted by Gasteiger charge is 2.01. The standard InChI is InChI=1S/C11H15N3O/c1-9(4-5-15)7-13-11-3-2-10(6-12)14-8-11/h2-3,8-9,13,15H,4-5,7H2,1H3. The SMILES string of the molecule is CC(CCO)CNc1ccc(C#N)nc1. The van der Waals surface area contributed by atoms with E-state index in [1.54, 1.807) is 12.3 Å². The molecule has 1 rings (SSSR count). The van der Waals surface area contributed by atoms with E-state index in [0.29, 0.717) is 11.6 Å². The molecule has 1 aromatic heterocycles. The van der Waals surface area contributed by atoms with Crippen molar-refractivity contribution in [1.82, 2.24) is 4.98 Å². The summed E-state index contributed by atoms with van der Waals surface area (Å²) in [4.78, 5) is 3.95. The molecule has 0 aliphatic carbocycles. The van der Waals surface area contributed by atoms with Crippen LogP contribution >= 0.6 is 0 Å². The van der Waals surface area contributed by atoms with Crippen LogP contribution < -0.4 is 5.32 Å². The van der Waals surface area contributed by atoms with Crippen LogP contribution in [0, 0.1) is 17.2 Å². The van der Waals surface area contributed by atoms with Gasteiger partial charge < -0.3 is 10.4 Å². The number of nitrogens with zero attached hydrogens (tertiary/aromatic N) is 2. The lowest BCUT2D eigenvalue weighted by atomic mass is 10.1. The summed E-state index contributed by atoms with van der Waals surface area (Å²) in [5, 5.41) is 20.5. The number of rotatable bonds is 5. The smallest absolute Gasteiger partial charge is 0.140 e. The van der Waals surface area contributed by atoms with Gasteiger partial charge >= 0.3 is 0 Å². The molecule has 1 unspecified atom stereocenters. The largest absolute Gasteiger partial charge is 0.396 e. The van der Waals surface area contributed by atoms with Crippen LogP contribution in [0.25, 0.3) is 0 Å². The van der Waals surface area contributed by atoms with E-state index in [2.05, 4.69) is 17.2 Å². The number of hydrogen-bond acceptors (Lipinski definition) is 4. The lowest BCUT2D eigenvalue weighted by Gasteiger charge is -2.11. The van der Waals surface area contributed by atoms with Crippen LogP contribution in [0.2, 0.25) is 0 Å². The first-order chi connectivity index (χ1) is 7.26. The molecular weight excluding hydrogens is 190 g/mol. The van der Waals surface area contributed by atoms with Crippen molar-refractivity contribution in [2.24, 2.45) is 5.92 Å². The first-order valence-corrected chi connectivity index (χ1v) is 4.97. The van der Waals surface area contributed by atoms with Gasteiger partial charge in [-0.3, -0.25) is 0 Å². The van der Waals surface area contributed by atoms with Gasteiger partial charge in [0.2, 0.25) is 0 Å². The predicted octanol–water partition coefficient (Wildman–Crippen LogP) is 1.38. The van der Waals surface area contributed by atoms with Crippen LogP contribution in [0.5, 0.6) is 0 Å². The van der Waals surface area contributed by atoms with Crippen molar-refractivity contribution in [3.63, 3.8) is 0 Å². The Morgan fingerprint density at radius 2 is 2.40 bits per heavy atom. The first kappa shape index (κ1) is 11.5. The van der Waals surface area contributed by atoms with E-state index in [0.717, 1.165) is 18.7 Å². The van der Waals surface area contributed by atoms with E-state index in [4.69, 9.17) is 10.4 Å². The number of aromatic nitrogens is 1. The van der Waals surface area contributed by atoms with Crippen LogP contribution in [0.1, 0.15) is 19.0 Å². The zero-order valence-electron chi connectivity index (χ0n) is 8.77. The molecule has 80 valence electrons. The minimum atomic E-state index is 0.217. The van der Waals surface area contributed by atoms with Crippen LogP contribution in [-0.2, 0) is 0 Å². The predicted molar refractivity (Wildman–Crippen MR) is 58.3 cm³/mol. The lowest BCUT2D eigenvalue weighted by molar-refractivity contribution is 0.266. The molecule has 2 N–H and O–H groups in total. The summed E-state index contributed by atoms with van der Waals surface area (Å²) in [6.07, 6.45) is 2.43. The van der Waals surface area contributed by atoms with Gasteiger partial charge in [-0.25, -0.2) is 4.98 Å². The Bertz CT molecular complexity index is 329. The maximum atomic E-state index is 8.73. The number of nitriles is 1. The summed E-state index contributed by atoms with van der Waals surface area (Å²) >= 11 is 0. The topological polar surface area (TPSA) is 68.9 Å². The molecule has 0 aliphatic rings. The van der Waals surface area contributed by atoms with Crippen molar-refractivity contribution >= 4 is 5.69 Å². The molecule has 0 amide bonds. The Balaban J connectivity index is 2.41. The van der Waals surface area contributed by atoms with E-state index < -0.39 is 0 Å². The third-order valence-electron chi connectivity index (χ3n) is 2.15. The van der Waals surface area contributed by atoms with Crippen molar-refractivity contribution in [3.05, 3.63) is 24.0 Å². The van der Waals surface area contributed by atoms with Gasteiger partial charge in [-0.1, -0.05) is 6.92 Å².